The number of rotatable bonds is 7. The summed E-state index contributed by atoms with van der Waals surface area (Å²) in [7, 11) is 0. The third kappa shape index (κ3) is 3.14. The average molecular weight is 315 g/mol. The van der Waals surface area contributed by atoms with Gasteiger partial charge in [-0.15, -0.1) is 12.3 Å². The van der Waals surface area contributed by atoms with Gasteiger partial charge in [0, 0.05) is 38.8 Å². The zero-order chi connectivity index (χ0) is 16.5. The summed E-state index contributed by atoms with van der Waals surface area (Å²) in [4.78, 5) is 25.4. The number of hydrogen-bond donors (Lipinski definition) is 1. The Balaban J connectivity index is 1.48. The van der Waals surface area contributed by atoms with Crippen LogP contribution in [0.15, 0.2) is 21.9 Å². The van der Waals surface area contributed by atoms with Crippen molar-refractivity contribution >= 4 is 11.9 Å². The number of aliphatic carboxylic acids is 1. The number of nitrogens with zero attached hydrogens (tertiary/aromatic N) is 3. The minimum atomic E-state index is -0.726. The van der Waals surface area contributed by atoms with Crippen LogP contribution < -0.4 is 0 Å². The van der Waals surface area contributed by atoms with Crippen molar-refractivity contribution < 1.29 is 14.7 Å². The standard InChI is InChI=1S/C17H21N3O3/c1-2-3-7-17(18-19-17)8-4-14(21)20-11-5-13(6-12-20)16(9-10-16)15(22)23/h1,5H,3-4,6-12H2,(H,22,23). The lowest BCUT2D eigenvalue weighted by Crippen LogP contribution is -2.37. The molecule has 3 aliphatic rings. The van der Waals surface area contributed by atoms with Crippen molar-refractivity contribution in [1.29, 1.82) is 0 Å². The van der Waals surface area contributed by atoms with Crippen molar-refractivity contribution in [3.05, 3.63) is 11.6 Å². The number of terminal acetylenes is 1. The summed E-state index contributed by atoms with van der Waals surface area (Å²) < 4.78 is 0. The number of carboxylic acids is 1. The monoisotopic (exact) mass is 315 g/mol. The quantitative estimate of drug-likeness (QED) is 0.578. The Bertz CT molecular complexity index is 619. The molecule has 23 heavy (non-hydrogen) atoms. The van der Waals surface area contributed by atoms with Crippen LogP contribution in [0.5, 0.6) is 0 Å². The van der Waals surface area contributed by atoms with Crippen molar-refractivity contribution in [3.63, 3.8) is 0 Å². The fourth-order valence-electron chi connectivity index (χ4n) is 3.26. The van der Waals surface area contributed by atoms with Gasteiger partial charge in [-0.25, -0.2) is 0 Å². The fourth-order valence-corrected chi connectivity index (χ4v) is 3.26. The lowest BCUT2D eigenvalue weighted by atomic mass is 9.90. The van der Waals surface area contributed by atoms with E-state index in [4.69, 9.17) is 6.42 Å². The average Bonchev–Trinajstić information content (AvgIpc) is 3.46. The van der Waals surface area contributed by atoms with E-state index in [1.807, 2.05) is 6.08 Å². The molecule has 0 unspecified atom stereocenters. The number of carboxylic acid groups (broad SMARTS) is 1. The fraction of sp³-hybridized carbons (Fsp3) is 0.647. The van der Waals surface area contributed by atoms with Gasteiger partial charge in [-0.05, 0) is 19.3 Å². The first-order valence-corrected chi connectivity index (χ1v) is 8.10. The van der Waals surface area contributed by atoms with Gasteiger partial charge in [0.1, 0.15) is 0 Å². The molecule has 0 aromatic carbocycles. The van der Waals surface area contributed by atoms with E-state index in [0.717, 1.165) is 18.4 Å². The highest BCUT2D eigenvalue weighted by Gasteiger charge is 2.53. The van der Waals surface area contributed by atoms with Crippen molar-refractivity contribution in [2.75, 3.05) is 13.1 Å². The lowest BCUT2D eigenvalue weighted by Gasteiger charge is -2.29. The molecule has 2 heterocycles. The van der Waals surface area contributed by atoms with Crippen LogP contribution in [0.4, 0.5) is 0 Å². The van der Waals surface area contributed by atoms with Crippen molar-refractivity contribution in [1.82, 2.24) is 4.90 Å². The first-order valence-electron chi connectivity index (χ1n) is 8.10. The summed E-state index contributed by atoms with van der Waals surface area (Å²) in [5, 5.41) is 17.4. The Morgan fingerprint density at radius 2 is 2.09 bits per heavy atom. The minimum absolute atomic E-state index is 0.0813. The summed E-state index contributed by atoms with van der Waals surface area (Å²) in [5.74, 6) is 1.93. The summed E-state index contributed by atoms with van der Waals surface area (Å²) in [6, 6.07) is 0. The molecule has 0 atom stereocenters. The molecule has 0 spiro atoms. The van der Waals surface area contributed by atoms with Gasteiger partial charge in [0.15, 0.2) is 5.66 Å². The maximum atomic E-state index is 12.3. The van der Waals surface area contributed by atoms with Gasteiger partial charge in [-0.3, -0.25) is 9.59 Å². The van der Waals surface area contributed by atoms with E-state index < -0.39 is 17.0 Å². The molecule has 122 valence electrons. The van der Waals surface area contributed by atoms with E-state index in [1.54, 1.807) is 4.90 Å². The van der Waals surface area contributed by atoms with Gasteiger partial charge in [-0.1, -0.05) is 11.6 Å². The maximum absolute atomic E-state index is 12.3. The Labute approximate surface area is 135 Å². The molecular formula is C17H21N3O3. The number of carbonyl (C=O) groups is 2. The van der Waals surface area contributed by atoms with E-state index in [-0.39, 0.29) is 5.91 Å². The number of hydrogen-bond acceptors (Lipinski definition) is 4. The van der Waals surface area contributed by atoms with Crippen LogP contribution in [0.2, 0.25) is 0 Å². The molecule has 0 aromatic rings. The normalized spacial score (nSPS) is 22.9. The molecule has 6 nitrogen and oxygen atoms in total. The Kier molecular flexibility index (Phi) is 3.97. The minimum Gasteiger partial charge on any atom is -0.481 e. The molecule has 1 aliphatic carbocycles. The highest BCUT2D eigenvalue weighted by atomic mass is 16.4. The zero-order valence-electron chi connectivity index (χ0n) is 13.1. The second-order valence-electron chi connectivity index (χ2n) is 6.59. The molecule has 3 rings (SSSR count). The van der Waals surface area contributed by atoms with Gasteiger partial charge in [-0.2, -0.15) is 10.2 Å². The maximum Gasteiger partial charge on any atom is 0.313 e. The smallest absolute Gasteiger partial charge is 0.313 e. The van der Waals surface area contributed by atoms with Crippen molar-refractivity contribution in [2.24, 2.45) is 15.6 Å². The molecular weight excluding hydrogens is 294 g/mol. The van der Waals surface area contributed by atoms with Crippen molar-refractivity contribution in [3.8, 4) is 12.3 Å². The molecule has 2 aliphatic heterocycles. The molecule has 1 amide bonds. The van der Waals surface area contributed by atoms with Crippen LogP contribution in [0.25, 0.3) is 0 Å². The lowest BCUT2D eigenvalue weighted by molar-refractivity contribution is -0.141. The summed E-state index contributed by atoms with van der Waals surface area (Å²) in [5.41, 5.74) is -0.0489. The number of amides is 1. The first-order chi connectivity index (χ1) is 11.0. The Morgan fingerprint density at radius 1 is 1.35 bits per heavy atom. The zero-order valence-corrected chi connectivity index (χ0v) is 13.1. The predicted molar refractivity (Wildman–Crippen MR) is 83.5 cm³/mol. The topological polar surface area (TPSA) is 82.3 Å². The molecule has 1 N–H and O–H groups in total. The Morgan fingerprint density at radius 3 is 2.57 bits per heavy atom. The van der Waals surface area contributed by atoms with Crippen LogP contribution in [-0.4, -0.2) is 40.6 Å². The highest BCUT2D eigenvalue weighted by molar-refractivity contribution is 5.82. The van der Waals surface area contributed by atoms with E-state index in [9.17, 15) is 14.7 Å². The molecule has 0 aromatic heterocycles. The second kappa shape index (κ2) is 5.80. The van der Waals surface area contributed by atoms with E-state index in [0.29, 0.717) is 45.2 Å². The second-order valence-corrected chi connectivity index (χ2v) is 6.59. The highest BCUT2D eigenvalue weighted by Crippen LogP contribution is 2.53. The molecule has 0 bridgehead atoms. The van der Waals surface area contributed by atoms with Crippen LogP contribution >= 0.6 is 0 Å². The van der Waals surface area contributed by atoms with Gasteiger partial charge < -0.3 is 10.0 Å². The van der Waals surface area contributed by atoms with Crippen LogP contribution in [0, 0.1) is 17.8 Å². The predicted octanol–water partition coefficient (Wildman–Crippen LogP) is 2.37. The first kappa shape index (κ1) is 15.7. The van der Waals surface area contributed by atoms with Gasteiger partial charge in [0.2, 0.25) is 5.91 Å². The summed E-state index contributed by atoms with van der Waals surface area (Å²) in [6.07, 6.45) is 11.6. The molecule has 6 heteroatoms. The van der Waals surface area contributed by atoms with Gasteiger partial charge in [0.05, 0.1) is 5.41 Å². The van der Waals surface area contributed by atoms with Gasteiger partial charge >= 0.3 is 5.97 Å². The van der Waals surface area contributed by atoms with Crippen LogP contribution in [0.3, 0.4) is 0 Å². The third-order valence-corrected chi connectivity index (χ3v) is 5.13. The molecule has 1 fully saturated rings. The van der Waals surface area contributed by atoms with Crippen LogP contribution in [-0.2, 0) is 9.59 Å². The molecule has 0 saturated heterocycles. The van der Waals surface area contributed by atoms with Gasteiger partial charge in [0.25, 0.3) is 0 Å². The van der Waals surface area contributed by atoms with E-state index in [1.165, 1.54) is 0 Å². The van der Waals surface area contributed by atoms with Crippen LogP contribution in [0.1, 0.15) is 44.9 Å². The summed E-state index contributed by atoms with van der Waals surface area (Å²) in [6.45, 7) is 1.11. The SMILES string of the molecule is C#CCCC1(CCC(=O)N2CC=C(C3(C(=O)O)CC3)CC2)N=N1. The largest absolute Gasteiger partial charge is 0.481 e. The summed E-state index contributed by atoms with van der Waals surface area (Å²) >= 11 is 0. The van der Waals surface area contributed by atoms with E-state index >= 15 is 0 Å². The van der Waals surface area contributed by atoms with E-state index in [2.05, 4.69) is 16.1 Å². The molecule has 0 radical (unpaired) electrons. The Hall–Kier alpha value is -2.16. The third-order valence-electron chi connectivity index (χ3n) is 5.13. The number of carbonyl (C=O) groups excluding carboxylic acids is 1. The van der Waals surface area contributed by atoms with Crippen molar-refractivity contribution in [2.45, 2.75) is 50.6 Å². The molecule has 1 saturated carbocycles.